The van der Waals surface area contributed by atoms with Crippen molar-refractivity contribution >= 4 is 45.2 Å². The molecule has 2 rings (SSSR count). The fraction of sp³-hybridized carbons (Fsp3) is 0.300. The van der Waals surface area contributed by atoms with E-state index in [1.807, 2.05) is 12.3 Å². The van der Waals surface area contributed by atoms with Gasteiger partial charge in [-0.3, -0.25) is 4.99 Å². The summed E-state index contributed by atoms with van der Waals surface area (Å²) < 4.78 is 0.998. The molecule has 5 heteroatoms. The number of nitrogens with zero attached hydrogens (tertiary/aromatic N) is 1. The smallest absolute Gasteiger partial charge is 0.0990 e. The Hall–Kier alpha value is -0.320. The highest BCUT2D eigenvalue weighted by Crippen LogP contribution is 2.42. The van der Waals surface area contributed by atoms with Gasteiger partial charge in [-0.15, -0.1) is 11.3 Å². The Kier molecular flexibility index (Phi) is 3.49. The van der Waals surface area contributed by atoms with Gasteiger partial charge in [0.15, 0.2) is 0 Å². The number of nitrogens with one attached hydrogen (secondary N) is 1. The van der Waals surface area contributed by atoms with E-state index in [-0.39, 0.29) is 6.04 Å². The summed E-state index contributed by atoms with van der Waals surface area (Å²) in [6, 6.07) is 0.0521. The Morgan fingerprint density at radius 3 is 3.07 bits per heavy atom. The number of aliphatic imine (C=N–C) groups is 1. The molecular weight excluding hydrogens is 296 g/mol. The monoisotopic (exact) mass is 304 g/mol. The summed E-state index contributed by atoms with van der Waals surface area (Å²) in [5.41, 5.74) is 1.13. The van der Waals surface area contributed by atoms with Crippen molar-refractivity contribution in [1.29, 1.82) is 0 Å². The minimum atomic E-state index is 0.0521. The van der Waals surface area contributed by atoms with Gasteiger partial charge in [-0.25, -0.2) is 0 Å². The Bertz CT molecular complexity index is 413. The second-order valence-corrected chi connectivity index (χ2v) is 5.93. The standard InChI is InChI=1S/C10H10BrClN2S/c1-2-7-8(9(12)10(11)15-7)6-3-4-13-5-14-6/h3-6H,2H2,1H3,(H,13,14). The van der Waals surface area contributed by atoms with Gasteiger partial charge in [0.05, 0.1) is 21.2 Å². The summed E-state index contributed by atoms with van der Waals surface area (Å²) in [6.07, 6.45) is 6.59. The molecule has 15 heavy (non-hydrogen) atoms. The van der Waals surface area contributed by atoms with Gasteiger partial charge in [0.25, 0.3) is 0 Å². The highest BCUT2D eigenvalue weighted by atomic mass is 79.9. The first-order valence-electron chi connectivity index (χ1n) is 4.65. The zero-order valence-electron chi connectivity index (χ0n) is 8.13. The molecule has 0 aromatic carbocycles. The Morgan fingerprint density at radius 2 is 2.47 bits per heavy atom. The first-order chi connectivity index (χ1) is 7.24. The normalized spacial score (nSPS) is 19.3. The molecule has 2 nitrogen and oxygen atoms in total. The van der Waals surface area contributed by atoms with Crippen LogP contribution in [0.5, 0.6) is 0 Å². The molecular formula is C10H10BrClN2S. The third kappa shape index (κ3) is 2.12. The Labute approximate surface area is 106 Å². The van der Waals surface area contributed by atoms with Gasteiger partial charge in [0.1, 0.15) is 0 Å². The van der Waals surface area contributed by atoms with Crippen molar-refractivity contribution in [3.05, 3.63) is 31.5 Å². The fourth-order valence-corrected chi connectivity index (χ4v) is 3.62. The fourth-order valence-electron chi connectivity index (χ4n) is 1.53. The summed E-state index contributed by atoms with van der Waals surface area (Å²) in [4.78, 5) is 5.65. The molecule has 80 valence electrons. The maximum absolute atomic E-state index is 6.26. The van der Waals surface area contributed by atoms with Crippen LogP contribution < -0.4 is 5.32 Å². The third-order valence-electron chi connectivity index (χ3n) is 2.22. The van der Waals surface area contributed by atoms with Crippen molar-refractivity contribution in [3.8, 4) is 0 Å². The molecule has 0 amide bonds. The lowest BCUT2D eigenvalue weighted by Crippen LogP contribution is -2.09. The molecule has 1 aromatic rings. The van der Waals surface area contributed by atoms with Crippen LogP contribution in [0.4, 0.5) is 0 Å². The van der Waals surface area contributed by atoms with Crippen LogP contribution in [-0.2, 0) is 6.42 Å². The molecule has 0 aliphatic carbocycles. The lowest BCUT2D eigenvalue weighted by molar-refractivity contribution is 0.873. The van der Waals surface area contributed by atoms with Gasteiger partial charge < -0.3 is 5.32 Å². The van der Waals surface area contributed by atoms with Crippen LogP contribution in [-0.4, -0.2) is 6.34 Å². The predicted molar refractivity (Wildman–Crippen MR) is 69.9 cm³/mol. The largest absolute Gasteiger partial charge is 0.353 e. The van der Waals surface area contributed by atoms with Crippen LogP contribution in [0.2, 0.25) is 5.02 Å². The van der Waals surface area contributed by atoms with Crippen molar-refractivity contribution in [1.82, 2.24) is 5.32 Å². The molecule has 2 heterocycles. The number of hydrogen-bond donors (Lipinski definition) is 1. The van der Waals surface area contributed by atoms with Crippen LogP contribution in [0.25, 0.3) is 0 Å². The van der Waals surface area contributed by atoms with E-state index in [1.54, 1.807) is 17.7 Å². The van der Waals surface area contributed by atoms with Gasteiger partial charge in [0, 0.05) is 16.6 Å². The van der Waals surface area contributed by atoms with Crippen molar-refractivity contribution in [3.63, 3.8) is 0 Å². The number of halogens is 2. The van der Waals surface area contributed by atoms with E-state index in [0.29, 0.717) is 0 Å². The van der Waals surface area contributed by atoms with Crippen LogP contribution in [0.15, 0.2) is 21.1 Å². The molecule has 0 fully saturated rings. The molecule has 1 aliphatic heterocycles. The minimum Gasteiger partial charge on any atom is -0.353 e. The zero-order valence-corrected chi connectivity index (χ0v) is 11.3. The molecule has 1 unspecified atom stereocenters. The quantitative estimate of drug-likeness (QED) is 0.880. The van der Waals surface area contributed by atoms with E-state index in [2.05, 4.69) is 33.2 Å². The lowest BCUT2D eigenvalue weighted by Gasteiger charge is -2.12. The maximum Gasteiger partial charge on any atom is 0.0990 e. The van der Waals surface area contributed by atoms with E-state index in [9.17, 15) is 0 Å². The van der Waals surface area contributed by atoms with Gasteiger partial charge >= 0.3 is 0 Å². The Balaban J connectivity index is 2.45. The zero-order chi connectivity index (χ0) is 10.8. The minimum absolute atomic E-state index is 0.0521. The second kappa shape index (κ2) is 4.68. The molecule has 1 atom stereocenters. The Morgan fingerprint density at radius 1 is 1.67 bits per heavy atom. The average Bonchev–Trinajstić information content (AvgIpc) is 2.56. The molecule has 0 bridgehead atoms. The number of aryl methyl sites for hydroxylation is 1. The van der Waals surface area contributed by atoms with Crippen LogP contribution in [0.1, 0.15) is 23.4 Å². The highest BCUT2D eigenvalue weighted by Gasteiger charge is 2.20. The number of thiophene rings is 1. The van der Waals surface area contributed by atoms with Gasteiger partial charge in [-0.05, 0) is 28.4 Å². The maximum atomic E-state index is 6.26. The van der Waals surface area contributed by atoms with E-state index in [1.165, 1.54) is 4.88 Å². The first-order valence-corrected chi connectivity index (χ1v) is 6.63. The molecule has 1 aromatic heterocycles. The van der Waals surface area contributed by atoms with E-state index in [0.717, 1.165) is 20.8 Å². The third-order valence-corrected chi connectivity index (χ3v) is 4.98. The molecule has 1 aliphatic rings. The van der Waals surface area contributed by atoms with Crippen LogP contribution >= 0.6 is 38.9 Å². The summed E-state index contributed by atoms with van der Waals surface area (Å²) in [5, 5.41) is 3.72. The molecule has 0 saturated heterocycles. The van der Waals surface area contributed by atoms with Crippen molar-refractivity contribution < 1.29 is 0 Å². The van der Waals surface area contributed by atoms with E-state index >= 15 is 0 Å². The summed E-state index contributed by atoms with van der Waals surface area (Å²) in [5.74, 6) is 0. The predicted octanol–water partition coefficient (Wildman–Crippen LogP) is 3.91. The SMILES string of the molecule is CCc1sc(Br)c(Cl)c1C1C=CNC=N1. The second-order valence-electron chi connectivity index (χ2n) is 3.13. The van der Waals surface area contributed by atoms with Crippen LogP contribution in [0, 0.1) is 0 Å². The summed E-state index contributed by atoms with van der Waals surface area (Å²) >= 11 is 11.4. The van der Waals surface area contributed by atoms with Gasteiger partial charge in [0.2, 0.25) is 0 Å². The molecule has 1 N–H and O–H groups in total. The van der Waals surface area contributed by atoms with Crippen molar-refractivity contribution in [2.45, 2.75) is 19.4 Å². The first kappa shape index (κ1) is 11.2. The van der Waals surface area contributed by atoms with Crippen molar-refractivity contribution in [2.24, 2.45) is 4.99 Å². The van der Waals surface area contributed by atoms with E-state index in [4.69, 9.17) is 11.6 Å². The van der Waals surface area contributed by atoms with Gasteiger partial charge in [-0.1, -0.05) is 18.5 Å². The van der Waals surface area contributed by atoms with Crippen molar-refractivity contribution in [2.75, 3.05) is 0 Å². The van der Waals surface area contributed by atoms with Crippen LogP contribution in [0.3, 0.4) is 0 Å². The number of hydrogen-bond acceptors (Lipinski definition) is 3. The molecule has 0 spiro atoms. The average molecular weight is 306 g/mol. The lowest BCUT2D eigenvalue weighted by atomic mass is 10.1. The summed E-state index contributed by atoms with van der Waals surface area (Å²) in [7, 11) is 0. The topological polar surface area (TPSA) is 24.4 Å². The summed E-state index contributed by atoms with van der Waals surface area (Å²) in [6.45, 7) is 2.13. The molecule has 0 radical (unpaired) electrons. The number of rotatable bonds is 2. The van der Waals surface area contributed by atoms with E-state index < -0.39 is 0 Å². The molecule has 0 saturated carbocycles. The highest BCUT2D eigenvalue weighted by molar-refractivity contribution is 9.11. The van der Waals surface area contributed by atoms with Gasteiger partial charge in [-0.2, -0.15) is 0 Å².